The van der Waals surface area contributed by atoms with E-state index in [1.165, 1.54) is 33.2 Å². The van der Waals surface area contributed by atoms with Gasteiger partial charge in [0, 0.05) is 33.2 Å². The van der Waals surface area contributed by atoms with Crippen LogP contribution in [0.1, 0.15) is 30.1 Å². The van der Waals surface area contributed by atoms with E-state index >= 15 is 0 Å². The van der Waals surface area contributed by atoms with Gasteiger partial charge >= 0.3 is 5.97 Å². The first kappa shape index (κ1) is 21.5. The Morgan fingerprint density at radius 3 is 2.48 bits per heavy atom. The zero-order chi connectivity index (χ0) is 21.2. The molecule has 1 aliphatic carbocycles. The fourth-order valence-electron chi connectivity index (χ4n) is 2.95. The normalized spacial score (nSPS) is 18.4. The molecule has 0 radical (unpaired) electrons. The van der Waals surface area contributed by atoms with Gasteiger partial charge in [-0.2, -0.15) is 0 Å². The standard InChI is InChI=1S/C19H27N3O6S/c1-13(18(23)20-14-4-5-14)28-19(24)16-12-15(29(25,26)21(2)3)6-7-17(16)22-8-10-27-11-9-22/h6-7,12-14H,4-5,8-11H2,1-3H3,(H,20,23)/t13-/m0/s1. The molecule has 0 spiro atoms. The Balaban J connectivity index is 1.89. The molecule has 2 fully saturated rings. The number of carbonyl (C=O) groups excluding carboxylic acids is 2. The van der Waals surface area contributed by atoms with E-state index in [-0.39, 0.29) is 22.4 Å². The van der Waals surface area contributed by atoms with Crippen molar-refractivity contribution in [2.24, 2.45) is 0 Å². The molecule has 0 unspecified atom stereocenters. The van der Waals surface area contributed by atoms with Gasteiger partial charge in [-0.15, -0.1) is 0 Å². The number of nitrogens with zero attached hydrogens (tertiary/aromatic N) is 2. The summed E-state index contributed by atoms with van der Waals surface area (Å²) in [6, 6.07) is 4.54. The zero-order valence-electron chi connectivity index (χ0n) is 16.9. The maximum atomic E-state index is 12.9. The predicted molar refractivity (Wildman–Crippen MR) is 106 cm³/mol. The van der Waals surface area contributed by atoms with Crippen molar-refractivity contribution in [1.29, 1.82) is 0 Å². The molecule has 9 nitrogen and oxygen atoms in total. The summed E-state index contributed by atoms with van der Waals surface area (Å²) in [6.45, 7) is 3.65. The summed E-state index contributed by atoms with van der Waals surface area (Å²) in [5, 5.41) is 2.79. The molecule has 1 atom stereocenters. The number of benzene rings is 1. The summed E-state index contributed by atoms with van der Waals surface area (Å²) < 4.78 is 36.9. The predicted octanol–water partition coefficient (Wildman–Crippen LogP) is 0.597. The maximum absolute atomic E-state index is 12.9. The monoisotopic (exact) mass is 425 g/mol. The van der Waals surface area contributed by atoms with Crippen molar-refractivity contribution in [2.45, 2.75) is 36.8 Å². The molecule has 0 aromatic heterocycles. The third-order valence-corrected chi connectivity index (χ3v) is 6.71. The quantitative estimate of drug-likeness (QED) is 0.638. The summed E-state index contributed by atoms with van der Waals surface area (Å²) >= 11 is 0. The van der Waals surface area contributed by atoms with Crippen molar-refractivity contribution in [1.82, 2.24) is 9.62 Å². The number of morpholine rings is 1. The smallest absolute Gasteiger partial charge is 0.341 e. The molecule has 160 valence electrons. The van der Waals surface area contributed by atoms with E-state index in [1.807, 2.05) is 4.90 Å². The molecule has 1 aromatic carbocycles. The van der Waals surface area contributed by atoms with Crippen LogP contribution in [0.2, 0.25) is 0 Å². The van der Waals surface area contributed by atoms with Gasteiger partial charge in [0.1, 0.15) is 0 Å². The van der Waals surface area contributed by atoms with Crippen LogP contribution in [0, 0.1) is 0 Å². The number of ether oxygens (including phenoxy) is 2. The van der Waals surface area contributed by atoms with E-state index < -0.39 is 22.1 Å². The molecule has 1 N–H and O–H groups in total. The van der Waals surface area contributed by atoms with Gasteiger partial charge in [-0.1, -0.05) is 0 Å². The largest absolute Gasteiger partial charge is 0.449 e. The number of hydrogen-bond acceptors (Lipinski definition) is 7. The van der Waals surface area contributed by atoms with Crippen molar-refractivity contribution < 1.29 is 27.5 Å². The molecule has 1 amide bonds. The SMILES string of the molecule is C[C@H](OC(=O)c1cc(S(=O)(=O)N(C)C)ccc1N1CCOCC1)C(=O)NC1CC1. The maximum Gasteiger partial charge on any atom is 0.341 e. The molecule has 10 heteroatoms. The molecule has 1 heterocycles. The second-order valence-electron chi connectivity index (χ2n) is 7.40. The summed E-state index contributed by atoms with van der Waals surface area (Å²) in [4.78, 5) is 27.0. The first-order chi connectivity index (χ1) is 13.7. The van der Waals surface area contributed by atoms with Gasteiger partial charge in [0.2, 0.25) is 10.0 Å². The fourth-order valence-corrected chi connectivity index (χ4v) is 3.88. The molecule has 1 aliphatic heterocycles. The van der Waals surface area contributed by atoms with Gasteiger partial charge in [0.05, 0.1) is 29.4 Å². The number of esters is 1. The topological polar surface area (TPSA) is 105 Å². The summed E-state index contributed by atoms with van der Waals surface area (Å²) in [6.07, 6.45) is 0.880. The van der Waals surface area contributed by atoms with Crippen LogP contribution in [-0.4, -0.2) is 77.1 Å². The molecule has 1 aromatic rings. The minimum Gasteiger partial charge on any atom is -0.449 e. The van der Waals surface area contributed by atoms with Crippen LogP contribution in [-0.2, 0) is 24.3 Å². The minimum absolute atomic E-state index is 0.0125. The second kappa shape index (κ2) is 8.68. The Kier molecular flexibility index (Phi) is 6.45. The first-order valence-electron chi connectivity index (χ1n) is 9.61. The highest BCUT2D eigenvalue weighted by Gasteiger charge is 2.29. The summed E-state index contributed by atoms with van der Waals surface area (Å²) in [7, 11) is -0.882. The lowest BCUT2D eigenvalue weighted by Gasteiger charge is -2.30. The third-order valence-electron chi connectivity index (χ3n) is 4.90. The van der Waals surface area contributed by atoms with Crippen LogP contribution in [0.4, 0.5) is 5.69 Å². The van der Waals surface area contributed by atoms with Crippen molar-refractivity contribution in [3.8, 4) is 0 Å². The van der Waals surface area contributed by atoms with Gasteiger partial charge in [-0.05, 0) is 38.0 Å². The molecular formula is C19H27N3O6S. The number of nitrogens with one attached hydrogen (secondary N) is 1. The van der Waals surface area contributed by atoms with Crippen LogP contribution in [0.3, 0.4) is 0 Å². The van der Waals surface area contributed by atoms with E-state index in [2.05, 4.69) is 5.32 Å². The Morgan fingerprint density at radius 2 is 1.90 bits per heavy atom. The van der Waals surface area contributed by atoms with Gasteiger partial charge in [-0.25, -0.2) is 17.5 Å². The van der Waals surface area contributed by atoms with Crippen LogP contribution < -0.4 is 10.2 Å². The number of amides is 1. The lowest BCUT2D eigenvalue weighted by Crippen LogP contribution is -2.39. The number of sulfonamides is 1. The van der Waals surface area contributed by atoms with Gasteiger partial charge in [0.15, 0.2) is 6.10 Å². The van der Waals surface area contributed by atoms with Crippen molar-refractivity contribution in [3.63, 3.8) is 0 Å². The molecule has 2 aliphatic rings. The second-order valence-corrected chi connectivity index (χ2v) is 9.55. The van der Waals surface area contributed by atoms with E-state index in [9.17, 15) is 18.0 Å². The van der Waals surface area contributed by atoms with Gasteiger partial charge in [0.25, 0.3) is 5.91 Å². The molecular weight excluding hydrogens is 398 g/mol. The van der Waals surface area contributed by atoms with Gasteiger partial charge in [-0.3, -0.25) is 4.79 Å². The number of anilines is 1. The average molecular weight is 426 g/mol. The molecule has 29 heavy (non-hydrogen) atoms. The Hall–Kier alpha value is -2.17. The lowest BCUT2D eigenvalue weighted by atomic mass is 10.1. The van der Waals surface area contributed by atoms with Gasteiger partial charge < -0.3 is 19.7 Å². The third kappa shape index (κ3) is 5.06. The number of carbonyl (C=O) groups is 2. The van der Waals surface area contributed by atoms with E-state index in [0.29, 0.717) is 32.0 Å². The number of rotatable bonds is 7. The van der Waals surface area contributed by atoms with Crippen LogP contribution >= 0.6 is 0 Å². The average Bonchev–Trinajstić information content (AvgIpc) is 3.51. The Labute approximate surface area is 171 Å². The first-order valence-corrected chi connectivity index (χ1v) is 11.0. The van der Waals surface area contributed by atoms with Crippen molar-refractivity contribution in [3.05, 3.63) is 23.8 Å². The van der Waals surface area contributed by atoms with Crippen molar-refractivity contribution >= 4 is 27.6 Å². The molecule has 1 saturated carbocycles. The Bertz CT molecular complexity index is 876. The summed E-state index contributed by atoms with van der Waals surface area (Å²) in [5.74, 6) is -1.09. The zero-order valence-corrected chi connectivity index (χ0v) is 17.7. The van der Waals surface area contributed by atoms with Crippen LogP contribution in [0.15, 0.2) is 23.1 Å². The van der Waals surface area contributed by atoms with Crippen molar-refractivity contribution in [2.75, 3.05) is 45.3 Å². The Morgan fingerprint density at radius 1 is 1.24 bits per heavy atom. The van der Waals surface area contributed by atoms with E-state index in [0.717, 1.165) is 17.1 Å². The van der Waals surface area contributed by atoms with Crippen LogP contribution in [0.25, 0.3) is 0 Å². The molecule has 3 rings (SSSR count). The fraction of sp³-hybridized carbons (Fsp3) is 0.579. The minimum atomic E-state index is -3.73. The highest BCUT2D eigenvalue weighted by atomic mass is 32.2. The van der Waals surface area contributed by atoms with Crippen LogP contribution in [0.5, 0.6) is 0 Å². The van der Waals surface area contributed by atoms with E-state index in [1.54, 1.807) is 6.07 Å². The molecule has 0 bridgehead atoms. The highest BCUT2D eigenvalue weighted by molar-refractivity contribution is 7.89. The highest BCUT2D eigenvalue weighted by Crippen LogP contribution is 2.27. The number of hydrogen-bond donors (Lipinski definition) is 1. The molecule has 1 saturated heterocycles. The lowest BCUT2D eigenvalue weighted by molar-refractivity contribution is -0.129. The summed E-state index contributed by atoms with van der Waals surface area (Å²) in [5.41, 5.74) is 0.673. The van der Waals surface area contributed by atoms with E-state index in [4.69, 9.17) is 9.47 Å².